The molecule has 0 N–H and O–H groups in total. The van der Waals surface area contributed by atoms with E-state index in [-0.39, 0.29) is 5.41 Å². The van der Waals surface area contributed by atoms with E-state index in [9.17, 15) is 4.79 Å². The minimum absolute atomic E-state index is 0.161. The van der Waals surface area contributed by atoms with Gasteiger partial charge in [-0.05, 0) is 0 Å². The van der Waals surface area contributed by atoms with Crippen LogP contribution >= 0.6 is 0 Å². The second-order valence-electron chi connectivity index (χ2n) is 3.05. The molecule has 66 valence electrons. The minimum atomic E-state index is -0.161. The molecule has 0 rings (SSSR count). The van der Waals surface area contributed by atoms with E-state index in [1.165, 1.54) is 0 Å². The second-order valence-corrected chi connectivity index (χ2v) is 3.05. The molecule has 0 spiro atoms. The van der Waals surface area contributed by atoms with E-state index in [4.69, 9.17) is 9.47 Å². The van der Waals surface area contributed by atoms with Crippen LogP contribution in [0, 0.1) is 5.41 Å². The van der Waals surface area contributed by atoms with Gasteiger partial charge in [-0.2, -0.15) is 0 Å². The molecule has 0 aliphatic rings. The van der Waals surface area contributed by atoms with Crippen LogP contribution < -0.4 is 0 Å². The molecular weight excluding hydrogens is 144 g/mol. The highest BCUT2D eigenvalue weighted by Crippen LogP contribution is 2.20. The van der Waals surface area contributed by atoms with Gasteiger partial charge in [-0.15, -0.1) is 0 Å². The van der Waals surface area contributed by atoms with Crippen molar-refractivity contribution >= 4 is 6.29 Å². The third kappa shape index (κ3) is 4.11. The smallest absolute Gasteiger partial charge is 0.120 e. The molecule has 0 amide bonds. The topological polar surface area (TPSA) is 35.5 Å². The van der Waals surface area contributed by atoms with E-state index in [2.05, 4.69) is 0 Å². The first-order valence-corrected chi connectivity index (χ1v) is 3.60. The largest absolute Gasteiger partial charge is 0.384 e. The third-order valence-corrected chi connectivity index (χ3v) is 1.56. The lowest BCUT2D eigenvalue weighted by atomic mass is 9.89. The van der Waals surface area contributed by atoms with Gasteiger partial charge in [0.25, 0.3) is 0 Å². The van der Waals surface area contributed by atoms with Crippen molar-refractivity contribution in [2.75, 3.05) is 27.4 Å². The molecule has 3 heteroatoms. The predicted molar refractivity (Wildman–Crippen MR) is 42.5 cm³/mol. The van der Waals surface area contributed by atoms with Gasteiger partial charge in [0.15, 0.2) is 0 Å². The van der Waals surface area contributed by atoms with Gasteiger partial charge in [-0.1, -0.05) is 6.92 Å². The lowest BCUT2D eigenvalue weighted by molar-refractivity contribution is -0.111. The normalized spacial score (nSPS) is 11.5. The summed E-state index contributed by atoms with van der Waals surface area (Å²) in [6.45, 7) is 3.08. The van der Waals surface area contributed by atoms with Crippen LogP contribution in [0.3, 0.4) is 0 Å². The van der Waals surface area contributed by atoms with E-state index in [0.29, 0.717) is 19.6 Å². The highest BCUT2D eigenvalue weighted by atomic mass is 16.5. The molecule has 11 heavy (non-hydrogen) atoms. The summed E-state index contributed by atoms with van der Waals surface area (Å²) in [5.74, 6) is 0. The quantitative estimate of drug-likeness (QED) is 0.541. The van der Waals surface area contributed by atoms with Gasteiger partial charge in [0, 0.05) is 26.1 Å². The number of carbonyl (C=O) groups is 1. The van der Waals surface area contributed by atoms with Gasteiger partial charge in [0.05, 0.1) is 13.2 Å². The van der Waals surface area contributed by atoms with Crippen LogP contribution in [0.1, 0.15) is 13.3 Å². The van der Waals surface area contributed by atoms with Crippen molar-refractivity contribution in [3.8, 4) is 0 Å². The Bertz CT molecular complexity index is 106. The molecule has 0 atom stereocenters. The lowest BCUT2D eigenvalue weighted by Crippen LogP contribution is -2.28. The van der Waals surface area contributed by atoms with Gasteiger partial charge >= 0.3 is 0 Å². The van der Waals surface area contributed by atoms with Crippen molar-refractivity contribution in [2.45, 2.75) is 13.3 Å². The molecule has 0 aliphatic heterocycles. The van der Waals surface area contributed by atoms with Crippen molar-refractivity contribution < 1.29 is 14.3 Å². The Hall–Kier alpha value is -0.410. The summed E-state index contributed by atoms with van der Waals surface area (Å²) in [6, 6.07) is 0. The van der Waals surface area contributed by atoms with E-state index in [1.54, 1.807) is 14.2 Å². The van der Waals surface area contributed by atoms with E-state index in [0.717, 1.165) is 6.29 Å². The van der Waals surface area contributed by atoms with Crippen LogP contribution in [-0.4, -0.2) is 33.7 Å². The average molecular weight is 160 g/mol. The maximum Gasteiger partial charge on any atom is 0.120 e. The zero-order valence-electron chi connectivity index (χ0n) is 7.42. The number of rotatable bonds is 6. The van der Waals surface area contributed by atoms with Crippen molar-refractivity contribution in [1.29, 1.82) is 0 Å². The molecule has 0 radical (unpaired) electrons. The highest BCUT2D eigenvalue weighted by molar-refractivity contribution is 5.50. The summed E-state index contributed by atoms with van der Waals surface area (Å²) in [4.78, 5) is 10.3. The second kappa shape index (κ2) is 5.27. The molecular formula is C8H16O3. The molecule has 0 aromatic rings. The summed E-state index contributed by atoms with van der Waals surface area (Å²) >= 11 is 0. The number of ether oxygens (including phenoxy) is 2. The minimum Gasteiger partial charge on any atom is -0.384 e. The van der Waals surface area contributed by atoms with Crippen molar-refractivity contribution in [1.82, 2.24) is 0 Å². The first kappa shape index (κ1) is 10.6. The summed E-state index contributed by atoms with van der Waals surface area (Å²) in [7, 11) is 3.25. The Morgan fingerprint density at radius 1 is 1.27 bits per heavy atom. The highest BCUT2D eigenvalue weighted by Gasteiger charge is 2.23. The van der Waals surface area contributed by atoms with Crippen LogP contribution in [0.2, 0.25) is 0 Å². The van der Waals surface area contributed by atoms with Crippen molar-refractivity contribution in [2.24, 2.45) is 5.41 Å². The fourth-order valence-electron chi connectivity index (χ4n) is 1.06. The lowest BCUT2D eigenvalue weighted by Gasteiger charge is -2.25. The van der Waals surface area contributed by atoms with Gasteiger partial charge in [-0.3, -0.25) is 0 Å². The fourth-order valence-corrected chi connectivity index (χ4v) is 1.06. The predicted octanol–water partition coefficient (Wildman–Crippen LogP) is 0.875. The fraction of sp³-hybridized carbons (Fsp3) is 0.875. The Morgan fingerprint density at radius 3 is 2.00 bits per heavy atom. The third-order valence-electron chi connectivity index (χ3n) is 1.56. The number of hydrogen-bond donors (Lipinski definition) is 0. The molecule has 0 heterocycles. The van der Waals surface area contributed by atoms with Crippen LogP contribution in [0.25, 0.3) is 0 Å². The number of methoxy groups -OCH3 is 2. The zero-order chi connectivity index (χ0) is 8.74. The van der Waals surface area contributed by atoms with Gasteiger partial charge in [0.1, 0.15) is 6.29 Å². The average Bonchev–Trinajstić information content (AvgIpc) is 1.88. The Morgan fingerprint density at radius 2 is 1.73 bits per heavy atom. The monoisotopic (exact) mass is 160 g/mol. The Kier molecular flexibility index (Phi) is 5.07. The molecule has 0 bridgehead atoms. The molecule has 0 aromatic carbocycles. The molecule has 0 fully saturated rings. The summed E-state index contributed by atoms with van der Waals surface area (Å²) < 4.78 is 9.95. The SMILES string of the molecule is COCC(C)(CC=O)COC. The molecule has 0 saturated carbocycles. The zero-order valence-corrected chi connectivity index (χ0v) is 7.42. The van der Waals surface area contributed by atoms with Gasteiger partial charge in [-0.25, -0.2) is 0 Å². The molecule has 0 aromatic heterocycles. The van der Waals surface area contributed by atoms with Crippen LogP contribution in [0.4, 0.5) is 0 Å². The standard InChI is InChI=1S/C8H16O3/c1-8(4-5-9,6-10-2)7-11-3/h5H,4,6-7H2,1-3H3. The first-order chi connectivity index (χ1) is 5.18. The summed E-state index contributed by atoms with van der Waals surface area (Å²) in [5, 5.41) is 0. The van der Waals surface area contributed by atoms with Crippen LogP contribution in [-0.2, 0) is 14.3 Å². The number of carbonyl (C=O) groups excluding carboxylic acids is 1. The van der Waals surface area contributed by atoms with E-state index < -0.39 is 0 Å². The molecule has 0 aliphatic carbocycles. The first-order valence-electron chi connectivity index (χ1n) is 3.60. The molecule has 3 nitrogen and oxygen atoms in total. The van der Waals surface area contributed by atoms with Gasteiger partial charge in [0.2, 0.25) is 0 Å². The van der Waals surface area contributed by atoms with E-state index >= 15 is 0 Å². The number of aldehydes is 1. The summed E-state index contributed by atoms with van der Waals surface area (Å²) in [6.07, 6.45) is 1.38. The summed E-state index contributed by atoms with van der Waals surface area (Å²) in [5.41, 5.74) is -0.161. The van der Waals surface area contributed by atoms with E-state index in [1.807, 2.05) is 6.92 Å². The molecule has 0 unspecified atom stereocenters. The maximum atomic E-state index is 10.3. The Labute approximate surface area is 67.7 Å². The van der Waals surface area contributed by atoms with Crippen molar-refractivity contribution in [3.63, 3.8) is 0 Å². The van der Waals surface area contributed by atoms with Crippen LogP contribution in [0.15, 0.2) is 0 Å². The van der Waals surface area contributed by atoms with Crippen LogP contribution in [0.5, 0.6) is 0 Å². The van der Waals surface area contributed by atoms with Gasteiger partial charge < -0.3 is 14.3 Å². The van der Waals surface area contributed by atoms with Crippen molar-refractivity contribution in [3.05, 3.63) is 0 Å². The number of hydrogen-bond acceptors (Lipinski definition) is 3. The molecule has 0 saturated heterocycles. The Balaban J connectivity index is 3.88. The maximum absolute atomic E-state index is 10.3.